The minimum Gasteiger partial charge on any atom is -0.494 e. The lowest BCUT2D eigenvalue weighted by Gasteiger charge is -2.16. The summed E-state index contributed by atoms with van der Waals surface area (Å²) in [7, 11) is 2.06. The molecule has 3 aliphatic carbocycles. The predicted octanol–water partition coefficient (Wildman–Crippen LogP) is 6.85. The van der Waals surface area contributed by atoms with Crippen molar-refractivity contribution in [3.05, 3.63) is 66.2 Å². The summed E-state index contributed by atoms with van der Waals surface area (Å²) < 4.78 is 21.5. The second-order valence-electron chi connectivity index (χ2n) is 9.25. The van der Waals surface area contributed by atoms with Crippen LogP contribution in [-0.4, -0.2) is 21.8 Å². The monoisotopic (exact) mass is 422 g/mol. The molecular weight excluding hydrogens is 387 g/mol. The summed E-state index contributed by atoms with van der Waals surface area (Å²) in [6.07, 6.45) is 14.4. The van der Waals surface area contributed by atoms with Crippen LogP contribution in [0.1, 0.15) is 57.7 Å². The summed E-state index contributed by atoms with van der Waals surface area (Å²) in [5.41, 5.74) is 2.69. The molecule has 0 amide bonds. The predicted molar refractivity (Wildman–Crippen MR) is 126 cm³/mol. The molecule has 1 heterocycles. The van der Waals surface area contributed by atoms with E-state index in [-0.39, 0.29) is 5.92 Å². The van der Waals surface area contributed by atoms with Gasteiger partial charge in [-0.3, -0.25) is 0 Å². The van der Waals surface area contributed by atoms with Crippen LogP contribution in [0.5, 0.6) is 0 Å². The molecule has 3 atom stereocenters. The molecule has 5 rings (SSSR count). The van der Waals surface area contributed by atoms with Crippen molar-refractivity contribution in [1.82, 2.24) is 9.55 Å². The Morgan fingerprint density at radius 2 is 2.10 bits per heavy atom. The van der Waals surface area contributed by atoms with Crippen molar-refractivity contribution in [2.24, 2.45) is 18.9 Å². The summed E-state index contributed by atoms with van der Waals surface area (Å²) in [5, 5.41) is 0. The summed E-state index contributed by atoms with van der Waals surface area (Å²) >= 11 is 0. The zero-order chi connectivity index (χ0) is 21.8. The number of hydrogen-bond donors (Lipinski definition) is 0. The van der Waals surface area contributed by atoms with Gasteiger partial charge < -0.3 is 9.30 Å². The number of nitrogens with zero attached hydrogens (tertiary/aromatic N) is 2. The first-order chi connectivity index (χ1) is 15.0. The van der Waals surface area contributed by atoms with Crippen LogP contribution in [0, 0.1) is 11.8 Å². The average molecular weight is 423 g/mol. The SMILES string of the molecule is C=C1CCCC(CCOC2=CC3CC3(F)C=C2)CC1.CCc1nc2ccccc2n1C. The van der Waals surface area contributed by atoms with Gasteiger partial charge in [-0.15, -0.1) is 0 Å². The Labute approximate surface area is 185 Å². The first-order valence-corrected chi connectivity index (χ1v) is 11.8. The van der Waals surface area contributed by atoms with Crippen LogP contribution >= 0.6 is 0 Å². The second-order valence-corrected chi connectivity index (χ2v) is 9.25. The van der Waals surface area contributed by atoms with Gasteiger partial charge in [0.15, 0.2) is 0 Å². The maximum atomic E-state index is 13.6. The maximum absolute atomic E-state index is 13.6. The fourth-order valence-electron chi connectivity index (χ4n) is 4.70. The molecule has 0 N–H and O–H groups in total. The normalized spacial score (nSPS) is 27.1. The number of para-hydroxylation sites is 2. The zero-order valence-electron chi connectivity index (χ0n) is 18.9. The Bertz CT molecular complexity index is 988. The molecule has 2 fully saturated rings. The molecule has 3 unspecified atom stereocenters. The Balaban J connectivity index is 0.000000166. The highest BCUT2D eigenvalue weighted by atomic mass is 19.1. The Morgan fingerprint density at radius 1 is 1.26 bits per heavy atom. The number of allylic oxidation sites excluding steroid dienone is 4. The van der Waals surface area contributed by atoms with E-state index in [1.54, 1.807) is 12.2 Å². The lowest BCUT2D eigenvalue weighted by molar-refractivity contribution is 0.191. The Morgan fingerprint density at radius 3 is 2.87 bits per heavy atom. The van der Waals surface area contributed by atoms with Crippen molar-refractivity contribution >= 4 is 11.0 Å². The summed E-state index contributed by atoms with van der Waals surface area (Å²) in [6.45, 7) is 6.99. The number of ether oxygens (including phenoxy) is 1. The van der Waals surface area contributed by atoms with Gasteiger partial charge >= 0.3 is 0 Å². The quantitative estimate of drug-likeness (QED) is 0.389. The highest BCUT2D eigenvalue weighted by Crippen LogP contribution is 2.52. The number of aromatic nitrogens is 2. The van der Waals surface area contributed by atoms with Gasteiger partial charge in [0, 0.05) is 19.4 Å². The van der Waals surface area contributed by atoms with Crippen molar-refractivity contribution in [2.45, 2.75) is 64.0 Å². The van der Waals surface area contributed by atoms with Gasteiger partial charge in [0.1, 0.15) is 17.3 Å². The van der Waals surface area contributed by atoms with Crippen molar-refractivity contribution in [1.29, 1.82) is 0 Å². The largest absolute Gasteiger partial charge is 0.494 e. The van der Waals surface area contributed by atoms with Crippen LogP contribution in [0.4, 0.5) is 4.39 Å². The number of hydrogen-bond acceptors (Lipinski definition) is 2. The third-order valence-electron chi connectivity index (χ3n) is 6.92. The molecule has 0 bridgehead atoms. The van der Waals surface area contributed by atoms with Gasteiger partial charge in [-0.05, 0) is 74.8 Å². The minimum absolute atomic E-state index is 0.0775. The van der Waals surface area contributed by atoms with E-state index in [9.17, 15) is 4.39 Å². The lowest BCUT2D eigenvalue weighted by Crippen LogP contribution is -2.07. The van der Waals surface area contributed by atoms with Crippen molar-refractivity contribution < 1.29 is 9.13 Å². The van der Waals surface area contributed by atoms with E-state index < -0.39 is 5.67 Å². The van der Waals surface area contributed by atoms with Gasteiger partial charge in [0.2, 0.25) is 0 Å². The van der Waals surface area contributed by atoms with E-state index in [0.29, 0.717) is 6.42 Å². The number of alkyl halides is 1. The molecule has 2 saturated carbocycles. The van der Waals surface area contributed by atoms with Crippen LogP contribution in [0.15, 0.2) is 60.4 Å². The van der Waals surface area contributed by atoms with E-state index in [0.717, 1.165) is 42.5 Å². The molecule has 0 radical (unpaired) electrons. The average Bonchev–Trinajstić information content (AvgIpc) is 3.41. The summed E-state index contributed by atoms with van der Waals surface area (Å²) in [4.78, 5) is 4.49. The number of halogens is 1. The van der Waals surface area contributed by atoms with Crippen LogP contribution in [0.2, 0.25) is 0 Å². The van der Waals surface area contributed by atoms with E-state index in [1.807, 2.05) is 18.2 Å². The molecule has 1 aromatic heterocycles. The van der Waals surface area contributed by atoms with Crippen LogP contribution < -0.4 is 0 Å². The van der Waals surface area contributed by atoms with Crippen LogP contribution in [0.3, 0.4) is 0 Å². The molecule has 166 valence electrons. The fourth-order valence-corrected chi connectivity index (χ4v) is 4.70. The molecule has 0 spiro atoms. The first kappa shape index (κ1) is 21.9. The molecule has 31 heavy (non-hydrogen) atoms. The highest BCUT2D eigenvalue weighted by molar-refractivity contribution is 5.75. The van der Waals surface area contributed by atoms with Gasteiger partial charge in [-0.1, -0.05) is 37.6 Å². The molecule has 3 nitrogen and oxygen atoms in total. The minimum atomic E-state index is -1.03. The third-order valence-corrected chi connectivity index (χ3v) is 6.92. The first-order valence-electron chi connectivity index (χ1n) is 11.8. The molecule has 1 aromatic carbocycles. The Hall–Kier alpha value is -2.36. The highest BCUT2D eigenvalue weighted by Gasteiger charge is 2.53. The Kier molecular flexibility index (Phi) is 6.64. The van der Waals surface area contributed by atoms with Crippen LogP contribution in [-0.2, 0) is 18.2 Å². The molecular formula is C27H35FN2O. The molecule has 3 aliphatic rings. The number of fused-ring (bicyclic) bond motifs is 2. The van der Waals surface area contributed by atoms with Gasteiger partial charge in [-0.2, -0.15) is 0 Å². The van der Waals surface area contributed by atoms with E-state index in [1.165, 1.54) is 43.2 Å². The van der Waals surface area contributed by atoms with Gasteiger partial charge in [0.05, 0.1) is 17.6 Å². The number of rotatable bonds is 5. The number of benzene rings is 1. The maximum Gasteiger partial charge on any atom is 0.136 e. The van der Waals surface area contributed by atoms with Crippen molar-refractivity contribution in [2.75, 3.05) is 6.61 Å². The third kappa shape index (κ3) is 5.28. The number of imidazole rings is 1. The van der Waals surface area contributed by atoms with Gasteiger partial charge in [0.25, 0.3) is 0 Å². The summed E-state index contributed by atoms with van der Waals surface area (Å²) in [5.74, 6) is 2.87. The smallest absolute Gasteiger partial charge is 0.136 e. The van der Waals surface area contributed by atoms with Gasteiger partial charge in [-0.25, -0.2) is 9.37 Å². The van der Waals surface area contributed by atoms with Crippen molar-refractivity contribution in [3.8, 4) is 0 Å². The molecule has 4 heteroatoms. The topological polar surface area (TPSA) is 27.1 Å². The number of aryl methyl sites for hydroxylation is 2. The van der Waals surface area contributed by atoms with E-state index >= 15 is 0 Å². The van der Waals surface area contributed by atoms with Crippen molar-refractivity contribution in [3.63, 3.8) is 0 Å². The second kappa shape index (κ2) is 9.42. The van der Waals surface area contributed by atoms with Crippen LogP contribution in [0.25, 0.3) is 11.0 Å². The van der Waals surface area contributed by atoms with E-state index in [2.05, 4.69) is 42.2 Å². The van der Waals surface area contributed by atoms with E-state index in [4.69, 9.17) is 4.74 Å². The standard InChI is InChI=1S/C17H23FO.C10H12N2/c1-13-3-2-4-14(6-5-13)8-10-19-16-7-9-17(18)12-15(17)11-16;1-3-10-11-8-6-4-5-7-9(8)12(10)2/h7,9,11,14-15H,1-6,8,10,12H2;4-7H,3H2,1-2H3. The molecule has 2 aromatic rings. The molecule has 0 saturated heterocycles. The fraction of sp³-hybridized carbons (Fsp3) is 0.519. The zero-order valence-corrected chi connectivity index (χ0v) is 18.9. The summed E-state index contributed by atoms with van der Waals surface area (Å²) in [6, 6.07) is 8.22. The molecule has 0 aliphatic heterocycles. The lowest BCUT2D eigenvalue weighted by atomic mass is 9.97.